The zero-order chi connectivity index (χ0) is 10.1. The Balaban J connectivity index is 3.08. The third-order valence-electron chi connectivity index (χ3n) is 2.43. The SMILES string of the molecule is C[Si](C)(Br)[Si@](C)(Br)c1ccccc1. The minimum Gasteiger partial charge on any atom is -0.129 e. The zero-order valence-electron chi connectivity index (χ0n) is 8.14. The second kappa shape index (κ2) is 4.00. The lowest BCUT2D eigenvalue weighted by Gasteiger charge is -2.31. The second-order valence-corrected chi connectivity index (χ2v) is 31.2. The summed E-state index contributed by atoms with van der Waals surface area (Å²) in [5.41, 5.74) is 0. The van der Waals surface area contributed by atoms with Gasteiger partial charge in [-0.2, -0.15) is 0 Å². The highest BCUT2D eigenvalue weighted by atomic mass is 79.9. The van der Waals surface area contributed by atoms with Gasteiger partial charge in [-0.25, -0.2) is 0 Å². The predicted molar refractivity (Wildman–Crippen MR) is 73.0 cm³/mol. The fraction of sp³-hybridized carbons (Fsp3) is 0.333. The van der Waals surface area contributed by atoms with Gasteiger partial charge in [-0.15, -0.1) is 30.6 Å². The molecule has 0 spiro atoms. The summed E-state index contributed by atoms with van der Waals surface area (Å²) in [5.74, 6) is 0. The first kappa shape index (κ1) is 11.7. The second-order valence-electron chi connectivity index (χ2n) is 3.84. The van der Waals surface area contributed by atoms with Gasteiger partial charge in [0.15, 0.2) is 6.21 Å². The quantitative estimate of drug-likeness (QED) is 0.572. The van der Waals surface area contributed by atoms with E-state index in [1.807, 2.05) is 0 Å². The van der Waals surface area contributed by atoms with Crippen LogP contribution in [0.4, 0.5) is 0 Å². The first-order valence-electron chi connectivity index (χ1n) is 4.29. The van der Waals surface area contributed by atoms with Crippen molar-refractivity contribution in [3.8, 4) is 0 Å². The summed E-state index contributed by atoms with van der Waals surface area (Å²) in [7, 11) is 0. The third kappa shape index (κ3) is 2.55. The fourth-order valence-electron chi connectivity index (χ4n) is 1.09. The summed E-state index contributed by atoms with van der Waals surface area (Å²) in [6.45, 7) is 7.10. The molecule has 4 heteroatoms. The highest BCUT2D eigenvalue weighted by Crippen LogP contribution is 2.29. The predicted octanol–water partition coefficient (Wildman–Crippen LogP) is 3.54. The Labute approximate surface area is 97.7 Å². The van der Waals surface area contributed by atoms with Gasteiger partial charge in [-0.05, 0) is 5.19 Å². The summed E-state index contributed by atoms with van der Waals surface area (Å²) < 4.78 is 0. The molecule has 0 radical (unpaired) electrons. The summed E-state index contributed by atoms with van der Waals surface area (Å²) in [6.07, 6.45) is -2.67. The molecule has 0 nitrogen and oxygen atoms in total. The Hall–Kier alpha value is 0.614. The third-order valence-corrected chi connectivity index (χ3v) is 35.9. The molecule has 0 saturated carbocycles. The molecule has 0 unspecified atom stereocenters. The van der Waals surface area contributed by atoms with E-state index < -0.39 is 12.4 Å². The van der Waals surface area contributed by atoms with Crippen LogP contribution in [0.2, 0.25) is 19.6 Å². The molecular formula is C9H14Br2Si2. The molecule has 13 heavy (non-hydrogen) atoms. The topological polar surface area (TPSA) is 0 Å². The Morgan fingerprint density at radius 2 is 1.38 bits per heavy atom. The van der Waals surface area contributed by atoms with Crippen molar-refractivity contribution < 1.29 is 0 Å². The lowest BCUT2D eigenvalue weighted by Crippen LogP contribution is -2.56. The molecule has 1 rings (SSSR count). The monoisotopic (exact) mass is 336 g/mol. The molecule has 1 aromatic carbocycles. The molecule has 0 saturated heterocycles. The average molecular weight is 338 g/mol. The Bertz CT molecular complexity index is 277. The molecule has 0 N–H and O–H groups in total. The van der Waals surface area contributed by atoms with Crippen LogP contribution in [0.15, 0.2) is 30.3 Å². The van der Waals surface area contributed by atoms with Crippen molar-refractivity contribution in [3.63, 3.8) is 0 Å². The molecule has 0 amide bonds. The number of halogens is 2. The first-order valence-corrected chi connectivity index (χ1v) is 15.3. The van der Waals surface area contributed by atoms with E-state index in [0.29, 0.717) is 0 Å². The summed E-state index contributed by atoms with van der Waals surface area (Å²) >= 11 is 7.85. The van der Waals surface area contributed by atoms with Crippen molar-refractivity contribution >= 4 is 48.2 Å². The van der Waals surface area contributed by atoms with Crippen molar-refractivity contribution in [1.29, 1.82) is 0 Å². The zero-order valence-corrected chi connectivity index (χ0v) is 13.3. The van der Waals surface area contributed by atoms with Crippen molar-refractivity contribution in [1.82, 2.24) is 0 Å². The maximum absolute atomic E-state index is 3.96. The van der Waals surface area contributed by atoms with Crippen LogP contribution in [-0.4, -0.2) is 12.4 Å². The largest absolute Gasteiger partial charge is 0.160 e. The number of benzene rings is 1. The Morgan fingerprint density at radius 3 is 1.77 bits per heavy atom. The standard InChI is InChI=1S/C9H14Br2Si2/c1-12(2,10)13(3,11)9-7-5-4-6-8-9/h4-8H,1-3H3/t13-/m0/s1. The smallest absolute Gasteiger partial charge is 0.129 e. The molecule has 1 atom stereocenters. The van der Waals surface area contributed by atoms with Crippen LogP contribution in [0.25, 0.3) is 0 Å². The summed E-state index contributed by atoms with van der Waals surface area (Å²) in [5, 5.41) is 1.49. The first-order chi connectivity index (χ1) is 5.86. The van der Waals surface area contributed by atoms with Gasteiger partial charge in [0, 0.05) is 0 Å². The van der Waals surface area contributed by atoms with Gasteiger partial charge in [-0.1, -0.05) is 50.0 Å². The lowest BCUT2D eigenvalue weighted by molar-refractivity contribution is 1.75. The van der Waals surface area contributed by atoms with Crippen LogP contribution < -0.4 is 5.19 Å². The normalized spacial score (nSPS) is 16.7. The number of rotatable bonds is 2. The van der Waals surface area contributed by atoms with Gasteiger partial charge in [0.25, 0.3) is 0 Å². The van der Waals surface area contributed by atoms with E-state index in [1.165, 1.54) is 5.19 Å². The molecule has 0 heterocycles. The van der Waals surface area contributed by atoms with E-state index in [0.717, 1.165) is 0 Å². The van der Waals surface area contributed by atoms with Crippen LogP contribution in [0.3, 0.4) is 0 Å². The van der Waals surface area contributed by atoms with E-state index in [1.54, 1.807) is 0 Å². The molecule has 72 valence electrons. The maximum atomic E-state index is 3.96. The molecule has 0 fully saturated rings. The van der Waals surface area contributed by atoms with Gasteiger partial charge in [0.1, 0.15) is 6.21 Å². The molecular weight excluding hydrogens is 324 g/mol. The van der Waals surface area contributed by atoms with E-state index in [9.17, 15) is 0 Å². The van der Waals surface area contributed by atoms with E-state index in [4.69, 9.17) is 0 Å². The van der Waals surface area contributed by atoms with Crippen molar-refractivity contribution in [2.75, 3.05) is 0 Å². The van der Waals surface area contributed by atoms with E-state index >= 15 is 0 Å². The molecule has 0 aromatic heterocycles. The summed E-state index contributed by atoms with van der Waals surface area (Å²) in [6, 6.07) is 10.8. The van der Waals surface area contributed by atoms with Gasteiger partial charge in [0.2, 0.25) is 0 Å². The minimum atomic E-state index is -1.41. The Kier molecular flexibility index (Phi) is 3.60. The average Bonchev–Trinajstić information content (AvgIpc) is 2.04. The molecule has 0 aliphatic carbocycles. The van der Waals surface area contributed by atoms with Crippen molar-refractivity contribution in [2.45, 2.75) is 19.6 Å². The highest BCUT2D eigenvalue weighted by molar-refractivity contribution is 9.37. The minimum absolute atomic E-state index is 1.26. The van der Waals surface area contributed by atoms with Crippen molar-refractivity contribution in [2.24, 2.45) is 0 Å². The molecule has 0 bridgehead atoms. The number of hydrogen-bond donors (Lipinski definition) is 0. The van der Waals surface area contributed by atoms with Gasteiger partial charge in [0.05, 0.1) is 0 Å². The molecule has 0 aliphatic rings. The van der Waals surface area contributed by atoms with E-state index in [-0.39, 0.29) is 0 Å². The molecule has 0 aliphatic heterocycles. The lowest BCUT2D eigenvalue weighted by atomic mass is 10.4. The Morgan fingerprint density at radius 1 is 0.923 bits per heavy atom. The van der Waals surface area contributed by atoms with Gasteiger partial charge < -0.3 is 0 Å². The van der Waals surface area contributed by atoms with Gasteiger partial charge >= 0.3 is 0 Å². The summed E-state index contributed by atoms with van der Waals surface area (Å²) in [4.78, 5) is 0. The highest BCUT2D eigenvalue weighted by Gasteiger charge is 2.42. The maximum Gasteiger partial charge on any atom is 0.160 e. The van der Waals surface area contributed by atoms with Crippen LogP contribution in [-0.2, 0) is 0 Å². The van der Waals surface area contributed by atoms with Crippen LogP contribution in [0.5, 0.6) is 0 Å². The van der Waals surface area contributed by atoms with Crippen LogP contribution in [0.1, 0.15) is 0 Å². The fourth-order valence-corrected chi connectivity index (χ4v) is 8.01. The van der Waals surface area contributed by atoms with Gasteiger partial charge in [-0.3, -0.25) is 0 Å². The van der Waals surface area contributed by atoms with Crippen LogP contribution in [0, 0.1) is 0 Å². The van der Waals surface area contributed by atoms with Crippen LogP contribution >= 0.6 is 30.6 Å². The number of hydrogen-bond acceptors (Lipinski definition) is 0. The molecule has 1 aromatic rings. The van der Waals surface area contributed by atoms with Crippen molar-refractivity contribution in [3.05, 3.63) is 30.3 Å². The van der Waals surface area contributed by atoms with E-state index in [2.05, 4.69) is 80.6 Å².